The smallest absolute Gasteiger partial charge is 0.0586 e. The fourth-order valence-electron chi connectivity index (χ4n) is 2.53. The van der Waals surface area contributed by atoms with Gasteiger partial charge in [-0.15, -0.1) is 0 Å². The predicted octanol–water partition coefficient (Wildman–Crippen LogP) is 2.08. The average Bonchev–Trinajstić information content (AvgIpc) is 2.78. The lowest BCUT2D eigenvalue weighted by Gasteiger charge is -2.22. The Balaban J connectivity index is 1.72. The average molecular weight is 219 g/mol. The van der Waals surface area contributed by atoms with Crippen molar-refractivity contribution >= 4 is 0 Å². The number of nitrogens with zero attached hydrogens (tertiary/aromatic N) is 1. The maximum Gasteiger partial charge on any atom is 0.0586 e. The molecule has 2 heteroatoms. The molecule has 1 aromatic carbocycles. The summed E-state index contributed by atoms with van der Waals surface area (Å²) >= 11 is 0. The number of aryl methyl sites for hydroxylation is 1. The topological polar surface area (TPSA) is 23.5 Å². The van der Waals surface area contributed by atoms with E-state index in [1.165, 1.54) is 31.4 Å². The highest BCUT2D eigenvalue weighted by atomic mass is 16.3. The molecule has 1 aliphatic rings. The second kappa shape index (κ2) is 6.02. The Labute approximate surface area is 97.9 Å². The van der Waals surface area contributed by atoms with E-state index in [9.17, 15) is 5.11 Å². The van der Waals surface area contributed by atoms with Crippen LogP contribution in [0.25, 0.3) is 0 Å². The van der Waals surface area contributed by atoms with Crippen molar-refractivity contribution in [2.45, 2.75) is 31.7 Å². The van der Waals surface area contributed by atoms with E-state index < -0.39 is 0 Å². The molecule has 2 nitrogen and oxygen atoms in total. The SMILES string of the molecule is OC[C@@H]1CCCN1CCCc1ccccc1. The highest BCUT2D eigenvalue weighted by Crippen LogP contribution is 2.17. The Morgan fingerprint density at radius 2 is 2.06 bits per heavy atom. The fourth-order valence-corrected chi connectivity index (χ4v) is 2.53. The van der Waals surface area contributed by atoms with Gasteiger partial charge in [-0.25, -0.2) is 0 Å². The number of rotatable bonds is 5. The molecule has 1 heterocycles. The van der Waals surface area contributed by atoms with Gasteiger partial charge in [-0.1, -0.05) is 30.3 Å². The largest absolute Gasteiger partial charge is 0.395 e. The second-order valence-corrected chi connectivity index (χ2v) is 4.60. The first-order valence-electron chi connectivity index (χ1n) is 6.29. The lowest BCUT2D eigenvalue weighted by Crippen LogP contribution is -2.33. The molecule has 0 radical (unpaired) electrons. The van der Waals surface area contributed by atoms with Crippen molar-refractivity contribution in [3.63, 3.8) is 0 Å². The molecule has 2 rings (SSSR count). The Kier molecular flexibility index (Phi) is 4.37. The van der Waals surface area contributed by atoms with Gasteiger partial charge in [0.1, 0.15) is 0 Å². The molecule has 1 atom stereocenters. The lowest BCUT2D eigenvalue weighted by molar-refractivity contribution is 0.158. The zero-order valence-corrected chi connectivity index (χ0v) is 9.81. The van der Waals surface area contributed by atoms with Crippen LogP contribution in [0.3, 0.4) is 0 Å². The number of hydrogen-bond donors (Lipinski definition) is 1. The predicted molar refractivity (Wildman–Crippen MR) is 66.4 cm³/mol. The van der Waals surface area contributed by atoms with Crippen molar-refractivity contribution in [1.82, 2.24) is 4.90 Å². The van der Waals surface area contributed by atoms with E-state index in [1.807, 2.05) is 0 Å². The molecule has 1 saturated heterocycles. The van der Waals surface area contributed by atoms with E-state index in [2.05, 4.69) is 35.2 Å². The van der Waals surface area contributed by atoms with Crippen molar-refractivity contribution in [2.75, 3.05) is 19.7 Å². The number of hydrogen-bond acceptors (Lipinski definition) is 2. The molecule has 0 spiro atoms. The van der Waals surface area contributed by atoms with Crippen LogP contribution < -0.4 is 0 Å². The molecule has 0 aliphatic carbocycles. The van der Waals surface area contributed by atoms with Crippen LogP contribution in [-0.2, 0) is 6.42 Å². The van der Waals surface area contributed by atoms with Gasteiger partial charge >= 0.3 is 0 Å². The van der Waals surface area contributed by atoms with Crippen molar-refractivity contribution < 1.29 is 5.11 Å². The number of likely N-dealkylation sites (tertiary alicyclic amines) is 1. The number of benzene rings is 1. The van der Waals surface area contributed by atoms with Gasteiger partial charge in [0.05, 0.1) is 6.61 Å². The van der Waals surface area contributed by atoms with Crippen LogP contribution in [0.15, 0.2) is 30.3 Å². The molecule has 1 aromatic rings. The highest BCUT2D eigenvalue weighted by Gasteiger charge is 2.22. The Hall–Kier alpha value is -0.860. The van der Waals surface area contributed by atoms with Crippen LogP contribution in [0.1, 0.15) is 24.8 Å². The summed E-state index contributed by atoms with van der Waals surface area (Å²) in [5.74, 6) is 0. The first kappa shape index (κ1) is 11.6. The minimum atomic E-state index is 0.325. The van der Waals surface area contributed by atoms with Crippen LogP contribution in [0.4, 0.5) is 0 Å². The van der Waals surface area contributed by atoms with Gasteiger partial charge in [-0.2, -0.15) is 0 Å². The van der Waals surface area contributed by atoms with Gasteiger partial charge in [-0.05, 0) is 44.3 Å². The maximum atomic E-state index is 9.21. The molecule has 0 aromatic heterocycles. The molecular weight excluding hydrogens is 198 g/mol. The molecule has 16 heavy (non-hydrogen) atoms. The van der Waals surface area contributed by atoms with Crippen LogP contribution in [0.5, 0.6) is 0 Å². The number of aliphatic hydroxyl groups excluding tert-OH is 1. The summed E-state index contributed by atoms with van der Waals surface area (Å²) in [4.78, 5) is 2.43. The molecule has 0 saturated carbocycles. The van der Waals surface area contributed by atoms with Crippen molar-refractivity contribution in [2.24, 2.45) is 0 Å². The van der Waals surface area contributed by atoms with E-state index in [0.717, 1.165) is 13.0 Å². The lowest BCUT2D eigenvalue weighted by atomic mass is 10.1. The first-order valence-corrected chi connectivity index (χ1v) is 6.29. The molecule has 1 aliphatic heterocycles. The maximum absolute atomic E-state index is 9.21. The van der Waals surface area contributed by atoms with E-state index in [4.69, 9.17) is 0 Å². The summed E-state index contributed by atoms with van der Waals surface area (Å²) in [5, 5.41) is 9.21. The second-order valence-electron chi connectivity index (χ2n) is 4.60. The van der Waals surface area contributed by atoms with E-state index in [-0.39, 0.29) is 0 Å². The minimum Gasteiger partial charge on any atom is -0.395 e. The summed E-state index contributed by atoms with van der Waals surface area (Å²) in [5.41, 5.74) is 1.42. The van der Waals surface area contributed by atoms with E-state index >= 15 is 0 Å². The van der Waals surface area contributed by atoms with Crippen molar-refractivity contribution in [3.8, 4) is 0 Å². The molecule has 0 unspecified atom stereocenters. The summed E-state index contributed by atoms with van der Waals surface area (Å²) < 4.78 is 0. The van der Waals surface area contributed by atoms with Crippen molar-refractivity contribution in [3.05, 3.63) is 35.9 Å². The number of aliphatic hydroxyl groups is 1. The van der Waals surface area contributed by atoms with E-state index in [0.29, 0.717) is 12.6 Å². The fraction of sp³-hybridized carbons (Fsp3) is 0.571. The van der Waals surface area contributed by atoms with Crippen molar-refractivity contribution in [1.29, 1.82) is 0 Å². The summed E-state index contributed by atoms with van der Waals surface area (Å²) in [6.07, 6.45) is 4.76. The quantitative estimate of drug-likeness (QED) is 0.819. The molecule has 0 bridgehead atoms. The van der Waals surface area contributed by atoms with Crippen LogP contribution in [0, 0.1) is 0 Å². The molecular formula is C14H21NO. The van der Waals surface area contributed by atoms with Gasteiger partial charge in [0.2, 0.25) is 0 Å². The summed E-state index contributed by atoms with van der Waals surface area (Å²) in [6.45, 7) is 2.62. The normalized spacial score (nSPS) is 21.4. The van der Waals surface area contributed by atoms with Crippen LogP contribution >= 0.6 is 0 Å². The Morgan fingerprint density at radius 3 is 2.81 bits per heavy atom. The van der Waals surface area contributed by atoms with Gasteiger partial charge in [0.25, 0.3) is 0 Å². The first-order chi connectivity index (χ1) is 7.90. The van der Waals surface area contributed by atoms with E-state index in [1.54, 1.807) is 0 Å². The van der Waals surface area contributed by atoms with Gasteiger partial charge in [0, 0.05) is 6.04 Å². The third-order valence-corrected chi connectivity index (χ3v) is 3.46. The standard InChI is InChI=1S/C14H21NO/c16-12-14-9-5-11-15(14)10-4-8-13-6-2-1-3-7-13/h1-3,6-7,14,16H,4-5,8-12H2/t14-/m0/s1. The van der Waals surface area contributed by atoms with Crippen LogP contribution in [0.2, 0.25) is 0 Å². The minimum absolute atomic E-state index is 0.325. The van der Waals surface area contributed by atoms with Crippen LogP contribution in [-0.4, -0.2) is 35.7 Å². The Morgan fingerprint density at radius 1 is 1.25 bits per heavy atom. The molecule has 1 fully saturated rings. The molecule has 88 valence electrons. The third-order valence-electron chi connectivity index (χ3n) is 3.46. The summed E-state index contributed by atoms with van der Waals surface area (Å²) in [6, 6.07) is 11.1. The molecule has 0 amide bonds. The zero-order valence-electron chi connectivity index (χ0n) is 9.81. The Bertz CT molecular complexity index is 299. The monoisotopic (exact) mass is 219 g/mol. The third kappa shape index (κ3) is 3.06. The highest BCUT2D eigenvalue weighted by molar-refractivity contribution is 5.14. The van der Waals surface area contributed by atoms with Gasteiger partial charge in [-0.3, -0.25) is 4.90 Å². The van der Waals surface area contributed by atoms with Gasteiger partial charge in [0.15, 0.2) is 0 Å². The zero-order chi connectivity index (χ0) is 11.2. The van der Waals surface area contributed by atoms with Gasteiger partial charge < -0.3 is 5.11 Å². The summed E-state index contributed by atoms with van der Waals surface area (Å²) in [7, 11) is 0. The molecule has 1 N–H and O–H groups in total.